The van der Waals surface area contributed by atoms with Crippen LogP contribution in [0.3, 0.4) is 0 Å². The number of benzene rings is 2. The molecule has 1 aliphatic rings. The van der Waals surface area contributed by atoms with Crippen molar-refractivity contribution < 1.29 is 14.3 Å². The molecule has 0 aliphatic carbocycles. The minimum Gasteiger partial charge on any atom is -0.497 e. The van der Waals surface area contributed by atoms with Gasteiger partial charge in [-0.3, -0.25) is 9.59 Å². The van der Waals surface area contributed by atoms with E-state index in [-0.39, 0.29) is 24.2 Å². The highest BCUT2D eigenvalue weighted by molar-refractivity contribution is 9.10. The van der Waals surface area contributed by atoms with Gasteiger partial charge in [-0.25, -0.2) is 0 Å². The van der Waals surface area contributed by atoms with Crippen molar-refractivity contribution >= 4 is 33.4 Å². The summed E-state index contributed by atoms with van der Waals surface area (Å²) in [6.07, 6.45) is 0.248. The second-order valence-electron chi connectivity index (χ2n) is 6.48. The molecule has 5 nitrogen and oxygen atoms in total. The lowest BCUT2D eigenvalue weighted by Crippen LogP contribution is -2.28. The third-order valence-electron chi connectivity index (χ3n) is 4.54. The molecule has 26 heavy (non-hydrogen) atoms. The van der Waals surface area contributed by atoms with Crippen LogP contribution in [-0.2, 0) is 16.1 Å². The van der Waals surface area contributed by atoms with Gasteiger partial charge in [0.2, 0.25) is 11.8 Å². The van der Waals surface area contributed by atoms with Gasteiger partial charge in [0.05, 0.1) is 13.0 Å². The minimum atomic E-state index is -0.329. The number of carbonyl (C=O) groups is 2. The molecule has 1 atom stereocenters. The number of nitrogens with zero attached hydrogens (tertiary/aromatic N) is 1. The van der Waals surface area contributed by atoms with Crippen LogP contribution in [0.4, 0.5) is 5.69 Å². The van der Waals surface area contributed by atoms with Gasteiger partial charge in [-0.2, -0.15) is 0 Å². The van der Waals surface area contributed by atoms with Gasteiger partial charge in [0, 0.05) is 29.7 Å². The Balaban J connectivity index is 1.60. The summed E-state index contributed by atoms with van der Waals surface area (Å²) in [5.41, 5.74) is 2.81. The normalized spacial score (nSPS) is 16.7. The Bertz CT molecular complexity index is 820. The molecule has 6 heteroatoms. The Morgan fingerprint density at radius 3 is 2.65 bits per heavy atom. The van der Waals surface area contributed by atoms with Crippen LogP contribution in [0.1, 0.15) is 17.5 Å². The predicted octanol–water partition coefficient (Wildman–Crippen LogP) is 3.75. The molecule has 0 radical (unpaired) electrons. The van der Waals surface area contributed by atoms with Gasteiger partial charge in [0.25, 0.3) is 0 Å². The molecule has 1 fully saturated rings. The molecule has 1 saturated heterocycles. The number of carbonyl (C=O) groups excluding carboxylic acids is 2. The zero-order chi connectivity index (χ0) is 18.7. The fourth-order valence-corrected chi connectivity index (χ4v) is 3.27. The molecule has 3 rings (SSSR count). The second-order valence-corrected chi connectivity index (χ2v) is 7.33. The van der Waals surface area contributed by atoms with Gasteiger partial charge >= 0.3 is 0 Å². The summed E-state index contributed by atoms with van der Waals surface area (Å²) < 4.78 is 6.14. The number of nitrogens with one attached hydrogen (secondary N) is 1. The molecule has 1 aliphatic heterocycles. The monoisotopic (exact) mass is 416 g/mol. The van der Waals surface area contributed by atoms with Crippen molar-refractivity contribution in [1.29, 1.82) is 0 Å². The number of anilines is 1. The summed E-state index contributed by atoms with van der Waals surface area (Å²) in [5, 5.41) is 2.92. The molecular weight excluding hydrogens is 396 g/mol. The van der Waals surface area contributed by atoms with Crippen LogP contribution in [0.5, 0.6) is 5.75 Å². The summed E-state index contributed by atoms with van der Waals surface area (Å²) in [6.45, 7) is 2.91. The summed E-state index contributed by atoms with van der Waals surface area (Å²) in [5.74, 6) is 0.346. The number of amides is 2. The van der Waals surface area contributed by atoms with E-state index in [0.29, 0.717) is 13.1 Å². The molecule has 2 aromatic rings. The fraction of sp³-hybridized carbons (Fsp3) is 0.300. The maximum atomic E-state index is 12.5. The number of ether oxygens (including phenoxy) is 1. The summed E-state index contributed by atoms with van der Waals surface area (Å²) in [6, 6.07) is 13.3. The topological polar surface area (TPSA) is 58.6 Å². The first kappa shape index (κ1) is 18.5. The van der Waals surface area contributed by atoms with Gasteiger partial charge in [0.15, 0.2) is 0 Å². The Kier molecular flexibility index (Phi) is 5.61. The molecule has 1 unspecified atom stereocenters. The first-order valence-corrected chi connectivity index (χ1v) is 9.23. The van der Waals surface area contributed by atoms with Crippen molar-refractivity contribution in [2.75, 3.05) is 19.0 Å². The second kappa shape index (κ2) is 7.91. The van der Waals surface area contributed by atoms with Gasteiger partial charge < -0.3 is 15.0 Å². The smallest absolute Gasteiger partial charge is 0.229 e. The molecule has 136 valence electrons. The first-order valence-electron chi connectivity index (χ1n) is 8.44. The van der Waals surface area contributed by atoms with E-state index in [2.05, 4.69) is 21.2 Å². The number of rotatable bonds is 5. The molecule has 1 N–H and O–H groups in total. The van der Waals surface area contributed by atoms with Crippen LogP contribution in [0.2, 0.25) is 0 Å². The van der Waals surface area contributed by atoms with E-state index in [1.165, 1.54) is 0 Å². The van der Waals surface area contributed by atoms with Crippen LogP contribution in [0.25, 0.3) is 0 Å². The minimum absolute atomic E-state index is 0.00737. The fourth-order valence-electron chi connectivity index (χ4n) is 3.02. The first-order chi connectivity index (χ1) is 12.5. The van der Waals surface area contributed by atoms with Gasteiger partial charge in [0.1, 0.15) is 5.75 Å². The number of likely N-dealkylation sites (tertiary alicyclic amines) is 1. The van der Waals surface area contributed by atoms with E-state index in [0.717, 1.165) is 27.0 Å². The Labute approximate surface area is 161 Å². The van der Waals surface area contributed by atoms with E-state index in [4.69, 9.17) is 4.74 Å². The summed E-state index contributed by atoms with van der Waals surface area (Å²) in [7, 11) is 1.62. The average molecular weight is 417 g/mol. The zero-order valence-electron chi connectivity index (χ0n) is 14.8. The Morgan fingerprint density at radius 2 is 2.00 bits per heavy atom. The van der Waals surface area contributed by atoms with Crippen molar-refractivity contribution in [1.82, 2.24) is 4.90 Å². The van der Waals surface area contributed by atoms with Crippen LogP contribution in [0, 0.1) is 12.8 Å². The largest absolute Gasteiger partial charge is 0.497 e. The van der Waals surface area contributed by atoms with Crippen molar-refractivity contribution in [2.45, 2.75) is 19.9 Å². The van der Waals surface area contributed by atoms with E-state index in [1.54, 1.807) is 12.0 Å². The average Bonchev–Trinajstić information content (AvgIpc) is 3.00. The van der Waals surface area contributed by atoms with Gasteiger partial charge in [-0.05, 0) is 48.4 Å². The number of hydrogen-bond acceptors (Lipinski definition) is 3. The lowest BCUT2D eigenvalue weighted by Gasteiger charge is -2.17. The van der Waals surface area contributed by atoms with Crippen LogP contribution >= 0.6 is 15.9 Å². The quantitative estimate of drug-likeness (QED) is 0.806. The van der Waals surface area contributed by atoms with E-state index in [1.807, 2.05) is 49.4 Å². The third kappa shape index (κ3) is 4.25. The zero-order valence-corrected chi connectivity index (χ0v) is 16.4. The molecule has 0 saturated carbocycles. The van der Waals surface area contributed by atoms with Crippen molar-refractivity contribution in [3.05, 3.63) is 58.1 Å². The van der Waals surface area contributed by atoms with Gasteiger partial charge in [-0.15, -0.1) is 0 Å². The molecule has 0 aromatic heterocycles. The molecule has 2 aromatic carbocycles. The van der Waals surface area contributed by atoms with E-state index in [9.17, 15) is 9.59 Å². The van der Waals surface area contributed by atoms with Crippen molar-refractivity contribution in [2.24, 2.45) is 5.92 Å². The molecule has 0 bridgehead atoms. The van der Waals surface area contributed by atoms with Crippen molar-refractivity contribution in [3.63, 3.8) is 0 Å². The van der Waals surface area contributed by atoms with E-state index < -0.39 is 0 Å². The highest BCUT2D eigenvalue weighted by atomic mass is 79.9. The summed E-state index contributed by atoms with van der Waals surface area (Å²) >= 11 is 3.45. The maximum absolute atomic E-state index is 12.5. The van der Waals surface area contributed by atoms with E-state index >= 15 is 0 Å². The molecule has 2 amide bonds. The number of halogens is 1. The highest BCUT2D eigenvalue weighted by Gasteiger charge is 2.34. The Hall–Kier alpha value is -2.34. The third-order valence-corrected chi connectivity index (χ3v) is 5.43. The van der Waals surface area contributed by atoms with Gasteiger partial charge in [-0.1, -0.05) is 28.1 Å². The summed E-state index contributed by atoms with van der Waals surface area (Å²) in [4.78, 5) is 26.5. The Morgan fingerprint density at radius 1 is 1.27 bits per heavy atom. The number of methoxy groups -OCH3 is 1. The molecule has 0 spiro atoms. The standard InChI is InChI=1S/C20H21BrN2O3/c1-13-9-16(5-8-18(13)21)22-20(25)15-10-19(24)23(12-15)11-14-3-6-17(26-2)7-4-14/h3-9,15H,10-12H2,1-2H3,(H,22,25). The van der Waals surface area contributed by atoms with Crippen LogP contribution in [0.15, 0.2) is 46.9 Å². The predicted molar refractivity (Wildman–Crippen MR) is 104 cm³/mol. The van der Waals surface area contributed by atoms with Crippen molar-refractivity contribution in [3.8, 4) is 5.75 Å². The molecular formula is C20H21BrN2O3. The SMILES string of the molecule is COc1ccc(CN2CC(C(=O)Nc3ccc(Br)c(C)c3)CC2=O)cc1. The lowest BCUT2D eigenvalue weighted by atomic mass is 10.1. The maximum Gasteiger partial charge on any atom is 0.229 e. The van der Waals surface area contributed by atoms with Crippen LogP contribution in [-0.4, -0.2) is 30.4 Å². The number of aryl methyl sites for hydroxylation is 1. The van der Waals surface area contributed by atoms with Crippen LogP contribution < -0.4 is 10.1 Å². The highest BCUT2D eigenvalue weighted by Crippen LogP contribution is 2.24. The number of hydrogen-bond donors (Lipinski definition) is 1. The lowest BCUT2D eigenvalue weighted by molar-refractivity contribution is -0.128. The molecule has 1 heterocycles.